The molecule has 0 saturated heterocycles. The summed E-state index contributed by atoms with van der Waals surface area (Å²) in [7, 11) is -4.34. The molecule has 1 aromatic heterocycles. The second kappa shape index (κ2) is 4.75. The molecule has 0 atom stereocenters. The van der Waals surface area contributed by atoms with Gasteiger partial charge in [0.05, 0.1) is 10.5 Å². The molecule has 0 fully saturated rings. The predicted octanol–water partition coefficient (Wildman–Crippen LogP) is 1.62. The monoisotopic (exact) mass is 304 g/mol. The van der Waals surface area contributed by atoms with E-state index in [1.165, 1.54) is 0 Å². The van der Waals surface area contributed by atoms with E-state index >= 15 is 0 Å². The molecule has 20 heavy (non-hydrogen) atoms. The van der Waals surface area contributed by atoms with Crippen LogP contribution < -0.4 is 5.56 Å². The third kappa shape index (κ3) is 2.57. The van der Waals surface area contributed by atoms with Crippen LogP contribution in [0.3, 0.4) is 0 Å². The van der Waals surface area contributed by atoms with Gasteiger partial charge in [-0.2, -0.15) is 18.3 Å². The zero-order chi connectivity index (χ0) is 15.0. The number of sulfone groups is 1. The summed E-state index contributed by atoms with van der Waals surface area (Å²) >= 11 is 0. The van der Waals surface area contributed by atoms with Crippen LogP contribution in [0.1, 0.15) is 5.56 Å². The first-order chi connectivity index (χ1) is 9.23. The molecule has 2 rings (SSSR count). The smallest absolute Gasteiger partial charge is 0.267 e. The van der Waals surface area contributed by atoms with Gasteiger partial charge in [0.15, 0.2) is 0 Å². The second-order valence-electron chi connectivity index (χ2n) is 3.78. The number of rotatable bonds is 2. The fourth-order valence-electron chi connectivity index (χ4n) is 1.51. The highest BCUT2D eigenvalue weighted by atomic mass is 32.2. The van der Waals surface area contributed by atoms with Gasteiger partial charge in [0.1, 0.15) is 4.90 Å². The summed E-state index contributed by atoms with van der Waals surface area (Å²) in [6.07, 6.45) is -3.64. The summed E-state index contributed by atoms with van der Waals surface area (Å²) in [6.45, 7) is 0. The fraction of sp³-hybridized carbons (Fsp3) is 0.0909. The zero-order valence-corrected chi connectivity index (χ0v) is 10.5. The molecule has 5 nitrogen and oxygen atoms in total. The minimum atomic E-state index is -4.67. The number of benzene rings is 1. The molecule has 9 heteroatoms. The van der Waals surface area contributed by atoms with Crippen LogP contribution in [0.2, 0.25) is 0 Å². The molecule has 1 aromatic carbocycles. The second-order valence-corrected chi connectivity index (χ2v) is 5.70. The van der Waals surface area contributed by atoms with E-state index in [2.05, 4.69) is 5.10 Å². The summed E-state index contributed by atoms with van der Waals surface area (Å²) < 4.78 is 61.9. The number of aromatic amines is 1. The Morgan fingerprint density at radius 2 is 1.85 bits per heavy atom. The van der Waals surface area contributed by atoms with Crippen LogP contribution in [-0.4, -0.2) is 18.6 Å². The molecule has 0 aliphatic carbocycles. The molecular formula is C11H7F3N2O3S. The normalized spacial score (nSPS) is 12.3. The number of H-pyrrole nitrogens is 1. The van der Waals surface area contributed by atoms with E-state index in [0.29, 0.717) is 6.07 Å². The van der Waals surface area contributed by atoms with Gasteiger partial charge in [-0.3, -0.25) is 4.79 Å². The van der Waals surface area contributed by atoms with Crippen LogP contribution in [0.15, 0.2) is 51.1 Å². The Bertz CT molecular complexity index is 797. The van der Waals surface area contributed by atoms with E-state index in [-0.39, 0.29) is 0 Å². The number of alkyl halides is 3. The van der Waals surface area contributed by atoms with Gasteiger partial charge in [0, 0.05) is 6.20 Å². The topological polar surface area (TPSA) is 79.9 Å². The minimum absolute atomic E-state index is 0.481. The predicted molar refractivity (Wildman–Crippen MR) is 61.8 cm³/mol. The summed E-state index contributed by atoms with van der Waals surface area (Å²) in [5.41, 5.74) is -2.10. The molecule has 0 spiro atoms. The number of hydrogen-bond donors (Lipinski definition) is 1. The first-order valence-corrected chi connectivity index (χ1v) is 6.67. The highest BCUT2D eigenvalue weighted by Crippen LogP contribution is 2.31. The molecule has 0 amide bonds. The van der Waals surface area contributed by atoms with Crippen LogP contribution in [0.25, 0.3) is 0 Å². The maximum Gasteiger partial charge on any atom is 0.416 e. The van der Waals surface area contributed by atoms with Crippen molar-refractivity contribution in [3.8, 4) is 0 Å². The number of nitrogens with one attached hydrogen (secondary N) is 1. The number of nitrogens with zero attached hydrogens (tertiary/aromatic N) is 1. The zero-order valence-electron chi connectivity index (χ0n) is 9.68. The highest BCUT2D eigenvalue weighted by molar-refractivity contribution is 7.91. The lowest BCUT2D eigenvalue weighted by molar-refractivity contribution is -0.137. The largest absolute Gasteiger partial charge is 0.416 e. The van der Waals surface area contributed by atoms with E-state index < -0.39 is 36.9 Å². The van der Waals surface area contributed by atoms with Crippen LogP contribution in [0.4, 0.5) is 13.2 Å². The third-order valence-corrected chi connectivity index (χ3v) is 4.23. The Morgan fingerprint density at radius 3 is 2.45 bits per heavy atom. The van der Waals surface area contributed by atoms with Gasteiger partial charge >= 0.3 is 6.18 Å². The molecule has 1 N–H and O–H groups in total. The van der Waals surface area contributed by atoms with E-state index in [9.17, 15) is 26.4 Å². The van der Waals surface area contributed by atoms with Gasteiger partial charge in [0.2, 0.25) is 9.84 Å². The molecule has 0 aliphatic rings. The van der Waals surface area contributed by atoms with Crippen LogP contribution in [-0.2, 0) is 16.0 Å². The number of aromatic nitrogens is 2. The molecular weight excluding hydrogens is 297 g/mol. The summed E-state index contributed by atoms with van der Waals surface area (Å²) in [5.74, 6) is 0. The third-order valence-electron chi connectivity index (χ3n) is 2.45. The molecule has 0 bridgehead atoms. The van der Waals surface area contributed by atoms with Crippen LogP contribution in [0.5, 0.6) is 0 Å². The van der Waals surface area contributed by atoms with E-state index in [0.717, 1.165) is 30.5 Å². The van der Waals surface area contributed by atoms with E-state index in [1.807, 2.05) is 5.10 Å². The minimum Gasteiger partial charge on any atom is -0.267 e. The quantitative estimate of drug-likeness (QED) is 0.914. The number of hydrogen-bond acceptors (Lipinski definition) is 4. The highest BCUT2D eigenvalue weighted by Gasteiger charge is 2.32. The van der Waals surface area contributed by atoms with Gasteiger partial charge in [-0.1, -0.05) is 6.07 Å². The maximum absolute atomic E-state index is 12.6. The Morgan fingerprint density at radius 1 is 1.15 bits per heavy atom. The van der Waals surface area contributed by atoms with Crippen molar-refractivity contribution < 1.29 is 21.6 Å². The SMILES string of the molecule is O=c1[nH]nccc1S(=O)(=O)c1cccc(C(F)(F)F)c1. The number of halogens is 3. The van der Waals surface area contributed by atoms with Crippen molar-refractivity contribution in [2.75, 3.05) is 0 Å². The van der Waals surface area contributed by atoms with Gasteiger partial charge in [0.25, 0.3) is 5.56 Å². The first-order valence-electron chi connectivity index (χ1n) is 5.19. The Kier molecular flexibility index (Phi) is 3.38. The molecule has 0 aliphatic heterocycles. The maximum atomic E-state index is 12.6. The van der Waals surface area contributed by atoms with E-state index in [1.54, 1.807) is 0 Å². The van der Waals surface area contributed by atoms with Crippen molar-refractivity contribution in [2.45, 2.75) is 16.0 Å². The van der Waals surface area contributed by atoms with Crippen molar-refractivity contribution >= 4 is 9.84 Å². The molecule has 106 valence electrons. The first kappa shape index (κ1) is 14.3. The lowest BCUT2D eigenvalue weighted by atomic mass is 10.2. The molecule has 1 heterocycles. The van der Waals surface area contributed by atoms with Crippen molar-refractivity contribution in [1.82, 2.24) is 10.2 Å². The lowest BCUT2D eigenvalue weighted by Crippen LogP contribution is -2.18. The standard InChI is InChI=1S/C11H7F3N2O3S/c12-11(13,14)7-2-1-3-8(6-7)20(18,19)9-4-5-15-16-10(9)17/h1-6H,(H,16,17). The molecule has 0 radical (unpaired) electrons. The molecule has 2 aromatic rings. The van der Waals surface area contributed by atoms with Crippen molar-refractivity contribution in [2.24, 2.45) is 0 Å². The van der Waals surface area contributed by atoms with Crippen molar-refractivity contribution in [3.63, 3.8) is 0 Å². The van der Waals surface area contributed by atoms with Crippen molar-refractivity contribution in [3.05, 3.63) is 52.4 Å². The van der Waals surface area contributed by atoms with Gasteiger partial charge in [-0.25, -0.2) is 13.5 Å². The van der Waals surface area contributed by atoms with Gasteiger partial charge < -0.3 is 0 Å². The molecule has 0 saturated carbocycles. The van der Waals surface area contributed by atoms with Gasteiger partial charge in [-0.15, -0.1) is 0 Å². The fourth-order valence-corrected chi connectivity index (χ4v) is 2.83. The van der Waals surface area contributed by atoms with Crippen molar-refractivity contribution in [1.29, 1.82) is 0 Å². The summed E-state index contributed by atoms with van der Waals surface area (Å²) in [4.78, 5) is 10.1. The average molecular weight is 304 g/mol. The summed E-state index contributed by atoms with van der Waals surface area (Å²) in [5, 5.41) is 5.24. The Labute approximate surface area is 111 Å². The Balaban J connectivity index is 2.63. The van der Waals surface area contributed by atoms with Gasteiger partial charge in [-0.05, 0) is 24.3 Å². The molecule has 0 unspecified atom stereocenters. The average Bonchev–Trinajstić information content (AvgIpc) is 2.38. The van der Waals surface area contributed by atoms with Crippen LogP contribution in [0, 0.1) is 0 Å². The van der Waals surface area contributed by atoms with Crippen LogP contribution >= 0.6 is 0 Å². The Hall–Kier alpha value is -2.16. The summed E-state index contributed by atoms with van der Waals surface area (Å²) in [6, 6.07) is 4.11. The van der Waals surface area contributed by atoms with E-state index in [4.69, 9.17) is 0 Å². The lowest BCUT2D eigenvalue weighted by Gasteiger charge is -2.08.